The molecule has 2 aliphatic rings. The van der Waals surface area contributed by atoms with Crippen LogP contribution in [0.5, 0.6) is 11.5 Å². The Morgan fingerprint density at radius 1 is 1.19 bits per heavy atom. The average Bonchev–Trinajstić information content (AvgIpc) is 3.25. The largest absolute Gasteiger partial charge is 0.478 e. The van der Waals surface area contributed by atoms with Crippen molar-refractivity contribution in [2.24, 2.45) is 4.99 Å². The highest BCUT2D eigenvalue weighted by Crippen LogP contribution is 2.39. The van der Waals surface area contributed by atoms with E-state index in [1.807, 2.05) is 25.1 Å². The monoisotopic (exact) mass is 454 g/mol. The van der Waals surface area contributed by atoms with Crippen LogP contribution in [0.4, 0.5) is 0 Å². The van der Waals surface area contributed by atoms with Crippen molar-refractivity contribution >= 4 is 28.9 Å². The Hall–Kier alpha value is -3.46. The smallest absolute Gasteiger partial charge is 0.338 e. The summed E-state index contributed by atoms with van der Waals surface area (Å²) >= 11 is 1.47. The van der Waals surface area contributed by atoms with Gasteiger partial charge < -0.3 is 24.6 Å². The number of nitrogens with zero attached hydrogens (tertiary/aromatic N) is 1. The highest BCUT2D eigenvalue weighted by Gasteiger charge is 2.31. The van der Waals surface area contributed by atoms with Crippen molar-refractivity contribution in [3.05, 3.63) is 70.4 Å². The minimum absolute atomic E-state index is 0.162. The summed E-state index contributed by atoms with van der Waals surface area (Å²) in [6, 6.07) is 11.7. The van der Waals surface area contributed by atoms with E-state index in [9.17, 15) is 9.59 Å². The molecule has 2 aromatic rings. The Morgan fingerprint density at radius 3 is 2.66 bits per heavy atom. The Balaban J connectivity index is 1.59. The number of esters is 1. The summed E-state index contributed by atoms with van der Waals surface area (Å²) in [7, 11) is 0. The summed E-state index contributed by atoms with van der Waals surface area (Å²) in [6.45, 7) is 4.01. The van der Waals surface area contributed by atoms with E-state index in [0.29, 0.717) is 33.7 Å². The number of fused-ring (bicyclic) bond motifs is 1. The second kappa shape index (κ2) is 9.35. The Labute approximate surface area is 189 Å². The van der Waals surface area contributed by atoms with Gasteiger partial charge in [0.15, 0.2) is 16.7 Å². The number of thioether (sulfide) groups is 1. The minimum Gasteiger partial charge on any atom is -0.478 e. The summed E-state index contributed by atoms with van der Waals surface area (Å²) < 4.78 is 16.2. The lowest BCUT2D eigenvalue weighted by molar-refractivity contribution is -0.138. The van der Waals surface area contributed by atoms with Crippen molar-refractivity contribution < 1.29 is 28.9 Å². The van der Waals surface area contributed by atoms with Crippen molar-refractivity contribution in [2.75, 3.05) is 13.4 Å². The number of rotatable bonds is 6. The maximum Gasteiger partial charge on any atom is 0.338 e. The van der Waals surface area contributed by atoms with Gasteiger partial charge in [-0.05, 0) is 49.2 Å². The Morgan fingerprint density at radius 2 is 1.94 bits per heavy atom. The van der Waals surface area contributed by atoms with Crippen LogP contribution in [0.15, 0.2) is 58.7 Å². The van der Waals surface area contributed by atoms with Gasteiger partial charge in [0.1, 0.15) is 6.04 Å². The van der Waals surface area contributed by atoms with Crippen LogP contribution in [0.25, 0.3) is 0 Å². The average molecular weight is 455 g/mol. The summed E-state index contributed by atoms with van der Waals surface area (Å²) in [4.78, 5) is 28.5. The van der Waals surface area contributed by atoms with E-state index in [0.717, 1.165) is 11.1 Å². The molecule has 0 radical (unpaired) electrons. The lowest BCUT2D eigenvalue weighted by Gasteiger charge is -2.26. The number of carboxylic acid groups (broad SMARTS) is 1. The third-order valence-corrected chi connectivity index (χ3v) is 5.96. The first kappa shape index (κ1) is 21.8. The first-order valence-electron chi connectivity index (χ1n) is 10.0. The molecule has 0 spiro atoms. The molecular formula is C23H22N2O6S. The van der Waals surface area contributed by atoms with E-state index in [1.54, 1.807) is 31.2 Å². The minimum atomic E-state index is -0.957. The summed E-state index contributed by atoms with van der Waals surface area (Å²) in [5, 5.41) is 12.9. The second-order valence-corrected chi connectivity index (χ2v) is 8.09. The van der Waals surface area contributed by atoms with Crippen LogP contribution < -0.4 is 14.8 Å². The number of carboxylic acids is 1. The molecule has 0 saturated heterocycles. The molecule has 0 bridgehead atoms. The maximum absolute atomic E-state index is 12.7. The van der Waals surface area contributed by atoms with Crippen LogP contribution in [-0.4, -0.2) is 35.6 Å². The first-order chi connectivity index (χ1) is 15.5. The van der Waals surface area contributed by atoms with E-state index in [1.165, 1.54) is 11.8 Å². The number of hydrogen-bond donors (Lipinski definition) is 2. The van der Waals surface area contributed by atoms with Gasteiger partial charge in [0.2, 0.25) is 6.79 Å². The van der Waals surface area contributed by atoms with Crippen LogP contribution in [0.1, 0.15) is 41.4 Å². The highest BCUT2D eigenvalue weighted by atomic mass is 32.2. The Bertz CT molecular complexity index is 1110. The van der Waals surface area contributed by atoms with Crippen LogP contribution >= 0.6 is 11.8 Å². The molecule has 9 heteroatoms. The first-order valence-corrected chi connectivity index (χ1v) is 11.0. The topological polar surface area (TPSA) is 106 Å². The molecule has 0 aliphatic carbocycles. The fourth-order valence-corrected chi connectivity index (χ4v) is 4.31. The van der Waals surface area contributed by atoms with Gasteiger partial charge in [-0.3, -0.25) is 0 Å². The van der Waals surface area contributed by atoms with Crippen LogP contribution in [-0.2, 0) is 15.3 Å². The molecule has 0 amide bonds. The number of benzene rings is 2. The zero-order chi connectivity index (χ0) is 22.7. The molecule has 8 nitrogen and oxygen atoms in total. The van der Waals surface area contributed by atoms with Crippen molar-refractivity contribution in [2.45, 2.75) is 25.6 Å². The quantitative estimate of drug-likeness (QED) is 0.634. The molecule has 2 heterocycles. The molecule has 32 heavy (non-hydrogen) atoms. The number of hydrogen-bond acceptors (Lipinski definition) is 8. The number of carbonyl (C=O) groups is 2. The molecule has 2 aliphatic heterocycles. The van der Waals surface area contributed by atoms with Crippen molar-refractivity contribution in [3.63, 3.8) is 0 Å². The van der Waals surface area contributed by atoms with Gasteiger partial charge in [0.25, 0.3) is 0 Å². The molecule has 166 valence electrons. The van der Waals surface area contributed by atoms with Gasteiger partial charge in [-0.15, -0.1) is 0 Å². The zero-order valence-electron chi connectivity index (χ0n) is 17.6. The van der Waals surface area contributed by atoms with E-state index in [-0.39, 0.29) is 19.0 Å². The van der Waals surface area contributed by atoms with Gasteiger partial charge in [0, 0.05) is 11.4 Å². The number of ether oxygens (including phenoxy) is 3. The fraction of sp³-hybridized carbons (Fsp3) is 0.261. The van der Waals surface area contributed by atoms with E-state index < -0.39 is 18.0 Å². The predicted molar refractivity (Wildman–Crippen MR) is 120 cm³/mol. The van der Waals surface area contributed by atoms with Gasteiger partial charge in [0.05, 0.1) is 17.7 Å². The number of amidine groups is 1. The third kappa shape index (κ3) is 4.57. The maximum atomic E-state index is 12.7. The highest BCUT2D eigenvalue weighted by molar-refractivity contribution is 8.13. The number of aromatic carboxylic acids is 1. The van der Waals surface area contributed by atoms with Crippen molar-refractivity contribution in [1.82, 2.24) is 5.32 Å². The lowest BCUT2D eigenvalue weighted by atomic mass is 9.96. The molecule has 0 saturated carbocycles. The van der Waals surface area contributed by atoms with Crippen LogP contribution in [0, 0.1) is 0 Å². The van der Waals surface area contributed by atoms with Gasteiger partial charge in [-0.1, -0.05) is 30.0 Å². The van der Waals surface area contributed by atoms with E-state index in [2.05, 4.69) is 5.32 Å². The lowest BCUT2D eigenvalue weighted by Crippen LogP contribution is -2.30. The molecular weight excluding hydrogens is 432 g/mol. The predicted octanol–water partition coefficient (Wildman–Crippen LogP) is 3.88. The number of aliphatic imine (C=N–C) groups is 1. The van der Waals surface area contributed by atoms with E-state index >= 15 is 0 Å². The van der Waals surface area contributed by atoms with Gasteiger partial charge in [-0.25, -0.2) is 14.6 Å². The normalized spacial score (nSPS) is 16.9. The standard InChI is InChI=1S/C23H22N2O6S/c1-3-29-22(28)19-13(2)24-23(32-11-14-4-6-15(7-5-14)21(26)27)25-20(19)16-8-9-17-18(10-16)31-12-30-17/h4-10,20H,3,11-12H2,1-2H3,(H,24,25)(H,26,27)/t20-/m1/s1. The SMILES string of the molecule is CCOC(=O)C1=C(C)NC(SCc2ccc(C(=O)O)cc2)=N[C@@H]1c1ccc2c(c1)OCO2. The number of nitrogens with one attached hydrogen (secondary N) is 1. The number of carbonyl (C=O) groups excluding carboxylic acids is 1. The molecule has 4 rings (SSSR count). The molecule has 0 aromatic heterocycles. The van der Waals surface area contributed by atoms with Crippen molar-refractivity contribution in [3.8, 4) is 11.5 Å². The zero-order valence-corrected chi connectivity index (χ0v) is 18.4. The summed E-state index contributed by atoms with van der Waals surface area (Å²) in [6.07, 6.45) is 0. The Kier molecular flexibility index (Phi) is 6.36. The molecule has 2 N–H and O–H groups in total. The number of allylic oxidation sites excluding steroid dienone is 1. The van der Waals surface area contributed by atoms with E-state index in [4.69, 9.17) is 24.3 Å². The molecule has 0 fully saturated rings. The second-order valence-electron chi connectivity index (χ2n) is 7.12. The fourth-order valence-electron chi connectivity index (χ4n) is 3.41. The van der Waals surface area contributed by atoms with Crippen LogP contribution in [0.2, 0.25) is 0 Å². The van der Waals surface area contributed by atoms with Crippen LogP contribution in [0.3, 0.4) is 0 Å². The summed E-state index contributed by atoms with van der Waals surface area (Å²) in [5.41, 5.74) is 3.11. The van der Waals surface area contributed by atoms with Gasteiger partial charge in [-0.2, -0.15) is 0 Å². The van der Waals surface area contributed by atoms with Crippen molar-refractivity contribution in [1.29, 1.82) is 0 Å². The molecule has 2 aromatic carbocycles. The molecule has 1 atom stereocenters. The summed E-state index contributed by atoms with van der Waals surface area (Å²) in [5.74, 6) is 0.481. The molecule has 0 unspecified atom stereocenters. The van der Waals surface area contributed by atoms with Gasteiger partial charge >= 0.3 is 11.9 Å². The third-order valence-electron chi connectivity index (χ3n) is 5.00.